The molecule has 1 fully saturated rings. The minimum atomic E-state index is -4.02. The van der Waals surface area contributed by atoms with Gasteiger partial charge < -0.3 is 10.1 Å². The molecule has 0 aromatic heterocycles. The number of carbonyl (C=O) groups is 1. The Morgan fingerprint density at radius 3 is 2.75 bits per heavy atom. The van der Waals surface area contributed by atoms with Crippen molar-refractivity contribution in [3.05, 3.63) is 29.6 Å². The summed E-state index contributed by atoms with van der Waals surface area (Å²) in [5.41, 5.74) is -0.945. The van der Waals surface area contributed by atoms with Gasteiger partial charge in [0.1, 0.15) is 5.82 Å². The van der Waals surface area contributed by atoms with Crippen molar-refractivity contribution < 1.29 is 22.3 Å². The van der Waals surface area contributed by atoms with Crippen molar-refractivity contribution in [1.82, 2.24) is 5.32 Å². The predicted octanol–water partition coefficient (Wildman–Crippen LogP) is 1.66. The minimum Gasteiger partial charge on any atom is -0.379 e. The molecule has 0 radical (unpaired) electrons. The SMILES string of the molecule is CC1(NC(=O)c2cc(S(=O)(=O)Cl)ccc2F)CCOC1. The number of ether oxygens (including phenoxy) is 1. The molecule has 8 heteroatoms. The van der Waals surface area contributed by atoms with Crippen LogP contribution in [0, 0.1) is 5.82 Å². The van der Waals surface area contributed by atoms with Crippen LogP contribution in [-0.4, -0.2) is 33.1 Å². The van der Waals surface area contributed by atoms with Crippen molar-refractivity contribution in [3.63, 3.8) is 0 Å². The second-order valence-corrected chi connectivity index (χ2v) is 7.46. The van der Waals surface area contributed by atoms with Gasteiger partial charge in [0, 0.05) is 17.3 Å². The van der Waals surface area contributed by atoms with Gasteiger partial charge in [-0.15, -0.1) is 0 Å². The molecule has 110 valence electrons. The molecule has 0 bridgehead atoms. The van der Waals surface area contributed by atoms with E-state index in [2.05, 4.69) is 5.32 Å². The summed E-state index contributed by atoms with van der Waals surface area (Å²) in [6.45, 7) is 2.61. The lowest BCUT2D eigenvalue weighted by atomic mass is 10.0. The van der Waals surface area contributed by atoms with Crippen LogP contribution in [0.1, 0.15) is 23.7 Å². The van der Waals surface area contributed by atoms with Crippen LogP contribution >= 0.6 is 10.7 Å². The van der Waals surface area contributed by atoms with Crippen molar-refractivity contribution in [2.45, 2.75) is 23.8 Å². The molecule has 1 atom stereocenters. The topological polar surface area (TPSA) is 72.5 Å². The molecule has 1 saturated heterocycles. The van der Waals surface area contributed by atoms with Gasteiger partial charge in [0.05, 0.1) is 22.6 Å². The summed E-state index contributed by atoms with van der Waals surface area (Å²) in [6.07, 6.45) is 0.605. The highest BCUT2D eigenvalue weighted by Crippen LogP contribution is 2.21. The zero-order valence-corrected chi connectivity index (χ0v) is 12.2. The van der Waals surface area contributed by atoms with E-state index in [9.17, 15) is 17.6 Å². The van der Waals surface area contributed by atoms with Crippen molar-refractivity contribution in [2.24, 2.45) is 0 Å². The maximum atomic E-state index is 13.7. The van der Waals surface area contributed by atoms with Crippen LogP contribution in [0.2, 0.25) is 0 Å². The van der Waals surface area contributed by atoms with E-state index in [1.54, 1.807) is 6.92 Å². The number of benzene rings is 1. The Morgan fingerprint density at radius 1 is 1.50 bits per heavy atom. The molecule has 1 amide bonds. The third-order valence-electron chi connectivity index (χ3n) is 3.10. The maximum Gasteiger partial charge on any atom is 0.261 e. The molecule has 1 aliphatic rings. The molecular formula is C12H13ClFNO4S. The molecule has 1 aliphatic heterocycles. The van der Waals surface area contributed by atoms with Gasteiger partial charge >= 0.3 is 0 Å². The quantitative estimate of drug-likeness (QED) is 0.859. The summed E-state index contributed by atoms with van der Waals surface area (Å²) < 4.78 is 41.3. The van der Waals surface area contributed by atoms with E-state index in [1.807, 2.05) is 0 Å². The molecule has 2 rings (SSSR count). The smallest absolute Gasteiger partial charge is 0.261 e. The van der Waals surface area contributed by atoms with Crippen LogP contribution in [0.4, 0.5) is 4.39 Å². The molecule has 0 spiro atoms. The second-order valence-electron chi connectivity index (χ2n) is 4.90. The number of nitrogens with one attached hydrogen (secondary N) is 1. The summed E-state index contributed by atoms with van der Waals surface area (Å²) >= 11 is 0. The second kappa shape index (κ2) is 5.31. The third-order valence-corrected chi connectivity index (χ3v) is 4.45. The number of carbonyl (C=O) groups excluding carboxylic acids is 1. The first kappa shape index (κ1) is 15.2. The monoisotopic (exact) mass is 321 g/mol. The van der Waals surface area contributed by atoms with Gasteiger partial charge in [0.15, 0.2) is 0 Å². The van der Waals surface area contributed by atoms with Crippen LogP contribution < -0.4 is 5.32 Å². The van der Waals surface area contributed by atoms with Gasteiger partial charge in [-0.3, -0.25) is 4.79 Å². The summed E-state index contributed by atoms with van der Waals surface area (Å²) in [5, 5.41) is 2.65. The Morgan fingerprint density at radius 2 is 2.20 bits per heavy atom. The Labute approximate surface area is 120 Å². The number of halogens is 2. The third kappa shape index (κ3) is 3.28. The fourth-order valence-electron chi connectivity index (χ4n) is 1.94. The van der Waals surface area contributed by atoms with E-state index in [-0.39, 0.29) is 10.5 Å². The highest BCUT2D eigenvalue weighted by atomic mass is 35.7. The van der Waals surface area contributed by atoms with Crippen molar-refractivity contribution >= 4 is 25.6 Å². The molecular weight excluding hydrogens is 309 g/mol. The van der Waals surface area contributed by atoms with E-state index in [0.717, 1.165) is 18.2 Å². The largest absolute Gasteiger partial charge is 0.379 e. The minimum absolute atomic E-state index is 0.321. The van der Waals surface area contributed by atoms with Gasteiger partial charge in [0.2, 0.25) is 0 Å². The van der Waals surface area contributed by atoms with Crippen LogP contribution in [0.3, 0.4) is 0 Å². The summed E-state index contributed by atoms with van der Waals surface area (Å²) in [5.74, 6) is -1.51. The molecule has 1 aromatic carbocycles. The van der Waals surface area contributed by atoms with E-state index in [4.69, 9.17) is 15.4 Å². The van der Waals surface area contributed by atoms with Crippen molar-refractivity contribution in [1.29, 1.82) is 0 Å². The van der Waals surface area contributed by atoms with Crippen LogP contribution in [0.25, 0.3) is 0 Å². The Balaban J connectivity index is 2.30. The lowest BCUT2D eigenvalue weighted by Gasteiger charge is -2.23. The molecule has 1 heterocycles. The number of hydrogen-bond donors (Lipinski definition) is 1. The lowest BCUT2D eigenvalue weighted by molar-refractivity contribution is 0.0885. The van der Waals surface area contributed by atoms with E-state index in [1.165, 1.54) is 0 Å². The zero-order chi connectivity index (χ0) is 15.0. The Kier molecular flexibility index (Phi) is 4.04. The van der Waals surface area contributed by atoms with Gasteiger partial charge in [-0.2, -0.15) is 0 Å². The molecule has 5 nitrogen and oxygen atoms in total. The van der Waals surface area contributed by atoms with E-state index in [0.29, 0.717) is 19.6 Å². The molecule has 0 saturated carbocycles. The Bertz CT molecular complexity index is 641. The fourth-order valence-corrected chi connectivity index (χ4v) is 2.71. The number of amides is 1. The first-order chi connectivity index (χ1) is 9.21. The first-order valence-corrected chi connectivity index (χ1v) is 8.17. The average Bonchev–Trinajstić information content (AvgIpc) is 2.74. The highest BCUT2D eigenvalue weighted by molar-refractivity contribution is 8.13. The molecule has 1 aromatic rings. The average molecular weight is 322 g/mol. The summed E-state index contributed by atoms with van der Waals surface area (Å²) in [6, 6.07) is 2.83. The predicted molar refractivity (Wildman–Crippen MR) is 70.7 cm³/mol. The maximum absolute atomic E-state index is 13.7. The van der Waals surface area contributed by atoms with Gasteiger partial charge in [-0.05, 0) is 31.5 Å². The molecule has 1 unspecified atom stereocenters. The van der Waals surface area contributed by atoms with Crippen LogP contribution in [-0.2, 0) is 13.8 Å². The number of hydrogen-bond acceptors (Lipinski definition) is 4. The van der Waals surface area contributed by atoms with Gasteiger partial charge in [-0.25, -0.2) is 12.8 Å². The number of rotatable bonds is 3. The normalized spacial score (nSPS) is 22.8. The van der Waals surface area contributed by atoms with Crippen LogP contribution in [0.15, 0.2) is 23.1 Å². The zero-order valence-electron chi connectivity index (χ0n) is 10.7. The van der Waals surface area contributed by atoms with Gasteiger partial charge in [-0.1, -0.05) is 0 Å². The summed E-state index contributed by atoms with van der Waals surface area (Å²) in [4.78, 5) is 11.7. The lowest BCUT2D eigenvalue weighted by Crippen LogP contribution is -2.46. The molecule has 0 aliphatic carbocycles. The summed E-state index contributed by atoms with van der Waals surface area (Å²) in [7, 11) is 1.17. The standard InChI is InChI=1S/C12H13ClFNO4S/c1-12(4-5-19-7-12)15-11(16)9-6-8(20(13,17)18)2-3-10(9)14/h2-3,6H,4-5,7H2,1H3,(H,15,16). The van der Waals surface area contributed by atoms with Crippen molar-refractivity contribution in [2.75, 3.05) is 13.2 Å². The van der Waals surface area contributed by atoms with Crippen molar-refractivity contribution in [3.8, 4) is 0 Å². The van der Waals surface area contributed by atoms with Gasteiger partial charge in [0.25, 0.3) is 15.0 Å². The van der Waals surface area contributed by atoms with Crippen LogP contribution in [0.5, 0.6) is 0 Å². The van der Waals surface area contributed by atoms with E-state index < -0.39 is 26.3 Å². The fraction of sp³-hybridized carbons (Fsp3) is 0.417. The Hall–Kier alpha value is -1.18. The highest BCUT2D eigenvalue weighted by Gasteiger charge is 2.32. The van der Waals surface area contributed by atoms with E-state index >= 15 is 0 Å². The first-order valence-electron chi connectivity index (χ1n) is 5.86. The molecule has 20 heavy (non-hydrogen) atoms. The molecule has 1 N–H and O–H groups in total.